The van der Waals surface area contributed by atoms with E-state index in [9.17, 15) is 20.1 Å². The van der Waals surface area contributed by atoms with Gasteiger partial charge in [-0.05, 0) is 74.0 Å². The number of esters is 1. The van der Waals surface area contributed by atoms with Crippen LogP contribution in [0.4, 0.5) is 0 Å². The third kappa shape index (κ3) is 2.54. The number of aliphatic hydroxyl groups excluding tert-OH is 2. The Morgan fingerprint density at radius 1 is 1.11 bits per heavy atom. The number of hydrogen-bond acceptors (Lipinski definition) is 5. The number of rotatable bonds is 1. The second kappa shape index (κ2) is 6.45. The first-order valence-corrected chi connectivity index (χ1v) is 10.8. The Hall–Kier alpha value is -1.09. The van der Waals surface area contributed by atoms with E-state index >= 15 is 0 Å². The van der Waals surface area contributed by atoms with Crippen LogP contribution in [-0.4, -0.2) is 45.2 Å². The first-order chi connectivity index (χ1) is 13.1. The summed E-state index contributed by atoms with van der Waals surface area (Å²) in [6, 6.07) is 0. The molecule has 3 N–H and O–H groups in total. The highest BCUT2D eigenvalue weighted by molar-refractivity contribution is 5.66. The summed E-state index contributed by atoms with van der Waals surface area (Å²) in [6.07, 6.45) is 9.67. The van der Waals surface area contributed by atoms with Crippen molar-refractivity contribution in [2.24, 2.45) is 34.5 Å². The average molecular weight is 391 g/mol. The first-order valence-electron chi connectivity index (χ1n) is 10.8. The van der Waals surface area contributed by atoms with Crippen LogP contribution in [0.5, 0.6) is 0 Å². The maximum Gasteiger partial charge on any atom is 0.302 e. The molecule has 4 aliphatic carbocycles. The molecule has 0 aromatic rings. The molecule has 5 heteroatoms. The number of aliphatic hydroxyl groups is 3. The minimum Gasteiger partial charge on any atom is -0.463 e. The van der Waals surface area contributed by atoms with Gasteiger partial charge in [0.15, 0.2) is 5.60 Å². The smallest absolute Gasteiger partial charge is 0.302 e. The van der Waals surface area contributed by atoms with E-state index in [0.717, 1.165) is 32.1 Å². The third-order valence-electron chi connectivity index (χ3n) is 9.41. The van der Waals surface area contributed by atoms with Gasteiger partial charge in [-0.15, -0.1) is 6.42 Å². The summed E-state index contributed by atoms with van der Waals surface area (Å²) in [4.78, 5) is 11.4. The van der Waals surface area contributed by atoms with Gasteiger partial charge in [-0.3, -0.25) is 4.79 Å². The second-order valence-corrected chi connectivity index (χ2v) is 10.4. The SMILES string of the molecule is C#C[C@]1(O)[C@@H](O)CC2C3C(O)C[C@@H]4C[C@@H](OC(C)=O)CC[C@]4(C)C3CC[C@@]21C. The van der Waals surface area contributed by atoms with E-state index < -0.39 is 23.2 Å². The summed E-state index contributed by atoms with van der Waals surface area (Å²) in [5, 5.41) is 32.9. The monoisotopic (exact) mass is 390 g/mol. The topological polar surface area (TPSA) is 87.0 Å². The van der Waals surface area contributed by atoms with Crippen molar-refractivity contribution in [1.29, 1.82) is 0 Å². The van der Waals surface area contributed by atoms with Gasteiger partial charge < -0.3 is 20.1 Å². The van der Waals surface area contributed by atoms with Gasteiger partial charge in [0, 0.05) is 12.3 Å². The lowest BCUT2D eigenvalue weighted by Crippen LogP contribution is -2.61. The quantitative estimate of drug-likeness (QED) is 0.472. The maximum atomic E-state index is 11.4. The fraction of sp³-hybridized carbons (Fsp3) is 0.870. The molecule has 0 aromatic heterocycles. The van der Waals surface area contributed by atoms with Crippen molar-refractivity contribution >= 4 is 5.97 Å². The van der Waals surface area contributed by atoms with Gasteiger partial charge in [0.05, 0.1) is 12.2 Å². The molecule has 0 heterocycles. The predicted octanol–water partition coefficient (Wildman–Crippen LogP) is 2.27. The molecule has 0 amide bonds. The molecule has 10 atom stereocenters. The van der Waals surface area contributed by atoms with Gasteiger partial charge in [0.25, 0.3) is 0 Å². The Morgan fingerprint density at radius 3 is 2.46 bits per heavy atom. The predicted molar refractivity (Wildman–Crippen MR) is 104 cm³/mol. The van der Waals surface area contributed by atoms with Crippen LogP contribution in [0.25, 0.3) is 0 Å². The molecule has 4 aliphatic rings. The molecule has 5 nitrogen and oxygen atoms in total. The normalized spacial score (nSPS) is 55.4. The minimum atomic E-state index is -1.52. The van der Waals surface area contributed by atoms with Gasteiger partial charge in [-0.2, -0.15) is 0 Å². The number of ether oxygens (including phenoxy) is 1. The molecule has 4 saturated carbocycles. The highest BCUT2D eigenvalue weighted by Crippen LogP contribution is 2.68. The van der Waals surface area contributed by atoms with Gasteiger partial charge in [0.1, 0.15) is 6.10 Å². The lowest BCUT2D eigenvalue weighted by atomic mass is 9.43. The van der Waals surface area contributed by atoms with Crippen molar-refractivity contribution in [1.82, 2.24) is 0 Å². The number of fused-ring (bicyclic) bond motifs is 5. The Labute approximate surface area is 167 Å². The Kier molecular flexibility index (Phi) is 4.65. The molecule has 156 valence electrons. The van der Waals surface area contributed by atoms with E-state index in [2.05, 4.69) is 12.8 Å². The maximum absolute atomic E-state index is 11.4. The zero-order valence-electron chi connectivity index (χ0n) is 17.2. The minimum absolute atomic E-state index is 0.0151. The summed E-state index contributed by atoms with van der Waals surface area (Å²) in [7, 11) is 0. The Balaban J connectivity index is 1.63. The molecule has 0 spiro atoms. The largest absolute Gasteiger partial charge is 0.463 e. The van der Waals surface area contributed by atoms with Crippen molar-refractivity contribution < 1.29 is 24.9 Å². The van der Waals surface area contributed by atoms with Crippen molar-refractivity contribution in [3.63, 3.8) is 0 Å². The van der Waals surface area contributed by atoms with E-state index in [0.29, 0.717) is 24.7 Å². The van der Waals surface area contributed by atoms with Crippen LogP contribution in [-0.2, 0) is 9.53 Å². The van der Waals surface area contributed by atoms with Crippen molar-refractivity contribution in [3.8, 4) is 12.3 Å². The van der Waals surface area contributed by atoms with Gasteiger partial charge >= 0.3 is 5.97 Å². The van der Waals surface area contributed by atoms with Gasteiger partial charge in [-0.25, -0.2) is 0 Å². The molecule has 4 unspecified atom stereocenters. The zero-order valence-corrected chi connectivity index (χ0v) is 17.2. The number of carbonyl (C=O) groups is 1. The zero-order chi connectivity index (χ0) is 20.5. The molecular weight excluding hydrogens is 356 g/mol. The molecule has 0 saturated heterocycles. The highest BCUT2D eigenvalue weighted by atomic mass is 16.5. The van der Waals surface area contributed by atoms with Crippen LogP contribution >= 0.6 is 0 Å². The molecular formula is C23H34O5. The number of carbonyl (C=O) groups excluding carboxylic acids is 1. The van der Waals surface area contributed by atoms with Crippen LogP contribution in [0.1, 0.15) is 65.7 Å². The number of terminal acetylenes is 1. The van der Waals surface area contributed by atoms with Crippen LogP contribution in [0.3, 0.4) is 0 Å². The summed E-state index contributed by atoms with van der Waals surface area (Å²) >= 11 is 0. The molecule has 28 heavy (non-hydrogen) atoms. The van der Waals surface area contributed by atoms with Gasteiger partial charge in [0.2, 0.25) is 0 Å². The summed E-state index contributed by atoms with van der Waals surface area (Å²) < 4.78 is 5.49. The van der Waals surface area contributed by atoms with E-state index in [1.165, 1.54) is 6.92 Å². The van der Waals surface area contributed by atoms with Crippen molar-refractivity contribution in [2.45, 2.75) is 89.6 Å². The lowest BCUT2D eigenvalue weighted by Gasteiger charge is -2.62. The summed E-state index contributed by atoms with van der Waals surface area (Å²) in [6.45, 7) is 5.80. The summed E-state index contributed by atoms with van der Waals surface area (Å²) in [5.74, 6) is 2.99. The molecule has 0 bridgehead atoms. The average Bonchev–Trinajstić information content (AvgIpc) is 2.83. The molecule has 4 rings (SSSR count). The second-order valence-electron chi connectivity index (χ2n) is 10.4. The fourth-order valence-electron chi connectivity index (χ4n) is 7.81. The Bertz CT molecular complexity index is 700. The van der Waals surface area contributed by atoms with Crippen molar-refractivity contribution in [3.05, 3.63) is 0 Å². The third-order valence-corrected chi connectivity index (χ3v) is 9.41. The van der Waals surface area contributed by atoms with Gasteiger partial charge in [-0.1, -0.05) is 19.8 Å². The fourth-order valence-corrected chi connectivity index (χ4v) is 7.81. The number of hydrogen-bond donors (Lipinski definition) is 3. The van der Waals surface area contributed by atoms with E-state index in [4.69, 9.17) is 11.2 Å². The van der Waals surface area contributed by atoms with Crippen LogP contribution in [0, 0.1) is 46.8 Å². The lowest BCUT2D eigenvalue weighted by molar-refractivity contribution is -0.190. The Morgan fingerprint density at radius 2 is 1.82 bits per heavy atom. The summed E-state index contributed by atoms with van der Waals surface area (Å²) in [5.41, 5.74) is -2.00. The molecule has 0 aliphatic heterocycles. The van der Waals surface area contributed by atoms with E-state index in [1.54, 1.807) is 0 Å². The molecule has 0 radical (unpaired) electrons. The van der Waals surface area contributed by atoms with E-state index in [1.807, 2.05) is 6.92 Å². The molecule has 4 fully saturated rings. The van der Waals surface area contributed by atoms with E-state index in [-0.39, 0.29) is 29.3 Å². The van der Waals surface area contributed by atoms with Crippen molar-refractivity contribution in [2.75, 3.05) is 0 Å². The van der Waals surface area contributed by atoms with Crippen LogP contribution in [0.2, 0.25) is 0 Å². The first kappa shape index (κ1) is 20.2. The van der Waals surface area contributed by atoms with Crippen LogP contribution in [0.15, 0.2) is 0 Å². The van der Waals surface area contributed by atoms with Crippen LogP contribution < -0.4 is 0 Å². The molecule has 0 aromatic carbocycles. The highest BCUT2D eigenvalue weighted by Gasteiger charge is 2.69. The standard InChI is InChI=1S/C23H34O5/c1-5-23(27)19(26)12-17-20-16(7-9-22(17,23)4)21(3)8-6-15(28-13(2)24)10-14(21)11-18(20)25/h1,14-20,25-27H,6-12H2,2-4H3/t14-,15-,16?,17?,18?,19-,20?,21-,22-,23-/m0/s1.